The van der Waals surface area contributed by atoms with Crippen molar-refractivity contribution in [3.8, 4) is 17.0 Å². The SMILES string of the molecule is Cc1ccc(Nc2nc(-c3ccc(C(=O)N/N=C\c4cc(Cl)ccc4OCc4cccc(Cl)c4)cc3)cs2)cc1. The van der Waals surface area contributed by atoms with E-state index in [1.807, 2.05) is 53.9 Å². The van der Waals surface area contributed by atoms with Gasteiger partial charge >= 0.3 is 0 Å². The standard InChI is InChI=1S/C31H24Cl2N4O2S/c1-20-5-12-27(13-6-20)35-31-36-28(19-40-31)22-7-9-23(10-8-22)30(38)37-34-17-24-16-26(33)11-14-29(24)39-18-21-3-2-4-25(32)15-21/h2-17,19H,18H2,1H3,(H,35,36)(H,37,38)/b34-17-. The molecule has 0 aliphatic heterocycles. The number of hydrazone groups is 1. The molecule has 4 aromatic carbocycles. The topological polar surface area (TPSA) is 75.6 Å². The average Bonchev–Trinajstić information content (AvgIpc) is 3.42. The Morgan fingerprint density at radius 2 is 1.75 bits per heavy atom. The minimum absolute atomic E-state index is 0.324. The molecule has 1 amide bonds. The molecule has 5 rings (SSSR count). The Balaban J connectivity index is 1.20. The first-order valence-electron chi connectivity index (χ1n) is 12.3. The van der Waals surface area contributed by atoms with Crippen LogP contribution in [0.1, 0.15) is 27.0 Å². The number of rotatable bonds is 9. The fourth-order valence-corrected chi connectivity index (χ4v) is 4.91. The summed E-state index contributed by atoms with van der Waals surface area (Å²) in [6.45, 7) is 2.38. The molecule has 0 atom stereocenters. The Morgan fingerprint density at radius 1 is 0.975 bits per heavy atom. The van der Waals surface area contributed by atoms with Gasteiger partial charge in [-0.2, -0.15) is 5.10 Å². The molecule has 0 fully saturated rings. The summed E-state index contributed by atoms with van der Waals surface area (Å²) in [5, 5.41) is 11.4. The van der Waals surface area contributed by atoms with Crippen LogP contribution in [0.25, 0.3) is 11.3 Å². The van der Waals surface area contributed by atoms with Crippen LogP contribution < -0.4 is 15.5 Å². The predicted octanol–water partition coefficient (Wildman–Crippen LogP) is 8.51. The maximum absolute atomic E-state index is 12.7. The van der Waals surface area contributed by atoms with Gasteiger partial charge in [-0.25, -0.2) is 10.4 Å². The summed E-state index contributed by atoms with van der Waals surface area (Å²) in [6, 6.07) is 28.0. The molecule has 0 unspecified atom stereocenters. The molecule has 0 aliphatic rings. The lowest BCUT2D eigenvalue weighted by Gasteiger charge is -2.10. The smallest absolute Gasteiger partial charge is 0.271 e. The quantitative estimate of drug-likeness (QED) is 0.134. The van der Waals surface area contributed by atoms with E-state index in [1.54, 1.807) is 30.3 Å². The van der Waals surface area contributed by atoms with Crippen molar-refractivity contribution in [2.24, 2.45) is 5.10 Å². The second kappa shape index (κ2) is 12.8. The largest absolute Gasteiger partial charge is 0.488 e. The maximum Gasteiger partial charge on any atom is 0.271 e. The van der Waals surface area contributed by atoms with E-state index in [0.29, 0.717) is 33.5 Å². The monoisotopic (exact) mass is 586 g/mol. The first-order chi connectivity index (χ1) is 19.4. The minimum Gasteiger partial charge on any atom is -0.488 e. The number of hydrogen-bond acceptors (Lipinski definition) is 6. The van der Waals surface area contributed by atoms with Crippen LogP contribution in [0.3, 0.4) is 0 Å². The van der Waals surface area contributed by atoms with Crippen molar-refractivity contribution in [2.75, 3.05) is 5.32 Å². The number of carbonyl (C=O) groups is 1. The average molecular weight is 588 g/mol. The highest BCUT2D eigenvalue weighted by Gasteiger charge is 2.09. The van der Waals surface area contributed by atoms with Crippen LogP contribution in [0.5, 0.6) is 5.75 Å². The Hall–Kier alpha value is -4.17. The van der Waals surface area contributed by atoms with E-state index >= 15 is 0 Å². The molecule has 0 saturated heterocycles. The van der Waals surface area contributed by atoms with Gasteiger partial charge in [-0.1, -0.05) is 65.2 Å². The number of thiazole rings is 1. The second-order valence-electron chi connectivity index (χ2n) is 8.91. The van der Waals surface area contributed by atoms with Crippen LogP contribution in [0, 0.1) is 6.92 Å². The van der Waals surface area contributed by atoms with Gasteiger partial charge in [0.05, 0.1) is 11.9 Å². The molecule has 0 radical (unpaired) electrons. The highest BCUT2D eigenvalue weighted by atomic mass is 35.5. The molecule has 2 N–H and O–H groups in total. The Bertz CT molecular complexity index is 1650. The molecule has 200 valence electrons. The summed E-state index contributed by atoms with van der Waals surface area (Å²) < 4.78 is 5.94. The van der Waals surface area contributed by atoms with Crippen LogP contribution in [-0.4, -0.2) is 17.1 Å². The number of halogens is 2. The van der Waals surface area contributed by atoms with E-state index < -0.39 is 0 Å². The Morgan fingerprint density at radius 3 is 2.52 bits per heavy atom. The summed E-state index contributed by atoms with van der Waals surface area (Å²) in [5.41, 5.74) is 8.51. The third kappa shape index (κ3) is 7.27. The lowest BCUT2D eigenvalue weighted by atomic mass is 10.1. The molecule has 1 aromatic heterocycles. The molecule has 0 aliphatic carbocycles. The van der Waals surface area contributed by atoms with Gasteiger partial charge in [0.15, 0.2) is 5.13 Å². The summed E-state index contributed by atoms with van der Waals surface area (Å²) in [5.74, 6) is 0.234. The molecule has 0 spiro atoms. The molecule has 1 heterocycles. The zero-order valence-corrected chi connectivity index (χ0v) is 23.7. The first-order valence-corrected chi connectivity index (χ1v) is 14.0. The zero-order chi connectivity index (χ0) is 27.9. The number of ether oxygens (including phenoxy) is 1. The molecule has 9 heteroatoms. The van der Waals surface area contributed by atoms with E-state index in [-0.39, 0.29) is 5.91 Å². The predicted molar refractivity (Wildman–Crippen MR) is 164 cm³/mol. The van der Waals surface area contributed by atoms with Crippen molar-refractivity contribution in [3.63, 3.8) is 0 Å². The Labute approximate surface area is 246 Å². The van der Waals surface area contributed by atoms with Crippen LogP contribution in [0.2, 0.25) is 10.0 Å². The highest BCUT2D eigenvalue weighted by Crippen LogP contribution is 2.28. The van der Waals surface area contributed by atoms with E-state index in [0.717, 1.165) is 27.6 Å². The van der Waals surface area contributed by atoms with Gasteiger partial charge in [0.25, 0.3) is 5.91 Å². The fraction of sp³-hybridized carbons (Fsp3) is 0.0645. The number of anilines is 2. The van der Waals surface area contributed by atoms with Gasteiger partial charge < -0.3 is 10.1 Å². The van der Waals surface area contributed by atoms with Crippen molar-refractivity contribution < 1.29 is 9.53 Å². The highest BCUT2D eigenvalue weighted by molar-refractivity contribution is 7.14. The third-order valence-corrected chi connectivity index (χ3v) is 7.10. The first kappa shape index (κ1) is 27.4. The second-order valence-corrected chi connectivity index (χ2v) is 10.6. The van der Waals surface area contributed by atoms with Gasteiger partial charge in [0.2, 0.25) is 0 Å². The number of benzene rings is 4. The van der Waals surface area contributed by atoms with Gasteiger partial charge in [-0.05, 0) is 67.1 Å². The number of nitrogens with one attached hydrogen (secondary N) is 2. The van der Waals surface area contributed by atoms with Crippen LogP contribution in [0.4, 0.5) is 10.8 Å². The maximum atomic E-state index is 12.7. The van der Waals surface area contributed by atoms with Crippen molar-refractivity contribution in [1.29, 1.82) is 0 Å². The van der Waals surface area contributed by atoms with Crippen molar-refractivity contribution >= 4 is 57.5 Å². The number of aryl methyl sites for hydroxylation is 1. The number of aromatic nitrogens is 1. The lowest BCUT2D eigenvalue weighted by Crippen LogP contribution is -2.17. The third-order valence-electron chi connectivity index (χ3n) is 5.87. The summed E-state index contributed by atoms with van der Waals surface area (Å²) in [4.78, 5) is 17.4. The van der Waals surface area contributed by atoms with Crippen LogP contribution >= 0.6 is 34.5 Å². The molecular weight excluding hydrogens is 563 g/mol. The lowest BCUT2D eigenvalue weighted by molar-refractivity contribution is 0.0955. The zero-order valence-electron chi connectivity index (χ0n) is 21.4. The number of nitrogens with zero attached hydrogens (tertiary/aromatic N) is 2. The van der Waals surface area contributed by atoms with E-state index in [9.17, 15) is 4.79 Å². The fourth-order valence-electron chi connectivity index (χ4n) is 3.78. The summed E-state index contributed by atoms with van der Waals surface area (Å²) in [7, 11) is 0. The van der Waals surface area contributed by atoms with E-state index in [2.05, 4.69) is 39.9 Å². The van der Waals surface area contributed by atoms with Crippen molar-refractivity contribution in [1.82, 2.24) is 10.4 Å². The molecular formula is C31H24Cl2N4O2S. The van der Waals surface area contributed by atoms with Gasteiger partial charge in [-0.3, -0.25) is 4.79 Å². The molecule has 0 saturated carbocycles. The molecule has 0 bridgehead atoms. The van der Waals surface area contributed by atoms with Crippen LogP contribution in [0.15, 0.2) is 101 Å². The molecule has 40 heavy (non-hydrogen) atoms. The number of hydrogen-bond donors (Lipinski definition) is 2. The molecule has 5 aromatic rings. The van der Waals surface area contributed by atoms with Gasteiger partial charge in [-0.15, -0.1) is 11.3 Å². The van der Waals surface area contributed by atoms with Crippen molar-refractivity contribution in [3.05, 3.63) is 129 Å². The number of carbonyl (C=O) groups excluding carboxylic acids is 1. The Kier molecular flexibility index (Phi) is 8.76. The minimum atomic E-state index is -0.341. The van der Waals surface area contributed by atoms with Crippen LogP contribution in [-0.2, 0) is 6.61 Å². The number of amides is 1. The summed E-state index contributed by atoms with van der Waals surface area (Å²) >= 11 is 13.8. The van der Waals surface area contributed by atoms with E-state index in [4.69, 9.17) is 27.9 Å². The normalized spacial score (nSPS) is 11.0. The summed E-state index contributed by atoms with van der Waals surface area (Å²) in [6.07, 6.45) is 1.50. The van der Waals surface area contributed by atoms with E-state index in [1.165, 1.54) is 23.1 Å². The van der Waals surface area contributed by atoms with Crippen molar-refractivity contribution in [2.45, 2.75) is 13.5 Å². The van der Waals surface area contributed by atoms with Gasteiger partial charge in [0, 0.05) is 37.8 Å². The van der Waals surface area contributed by atoms with Gasteiger partial charge in [0.1, 0.15) is 12.4 Å². The molecule has 6 nitrogen and oxygen atoms in total.